The summed E-state index contributed by atoms with van der Waals surface area (Å²) in [5.74, 6) is 3.16. The lowest BCUT2D eigenvalue weighted by Gasteiger charge is -2.57. The summed E-state index contributed by atoms with van der Waals surface area (Å²) in [5.41, 5.74) is 5.96. The van der Waals surface area contributed by atoms with Crippen LogP contribution in [-0.2, 0) is 0 Å². The molecule has 1 aromatic rings. The van der Waals surface area contributed by atoms with E-state index in [-0.39, 0.29) is 16.8 Å². The molecule has 4 saturated carbocycles. The highest BCUT2D eigenvalue weighted by Gasteiger charge is 2.51. The van der Waals surface area contributed by atoms with Gasteiger partial charge < -0.3 is 16.0 Å². The number of anilines is 2. The van der Waals surface area contributed by atoms with Gasteiger partial charge in [-0.05, 0) is 56.3 Å². The quantitative estimate of drug-likeness (QED) is 0.756. The second-order valence-corrected chi connectivity index (χ2v) is 6.82. The van der Waals surface area contributed by atoms with Crippen LogP contribution >= 0.6 is 0 Å². The highest BCUT2D eigenvalue weighted by molar-refractivity contribution is 5.60. The van der Waals surface area contributed by atoms with E-state index in [9.17, 15) is 4.79 Å². The molecule has 0 unspecified atom stereocenters. The first-order valence-electron chi connectivity index (χ1n) is 7.25. The van der Waals surface area contributed by atoms with Crippen molar-refractivity contribution < 1.29 is 0 Å². The van der Waals surface area contributed by atoms with Crippen LogP contribution in [0.2, 0.25) is 0 Å². The lowest BCUT2D eigenvalue weighted by Crippen LogP contribution is -2.55. The van der Waals surface area contributed by atoms with Crippen molar-refractivity contribution >= 4 is 11.5 Å². The van der Waals surface area contributed by atoms with Crippen molar-refractivity contribution in [1.29, 1.82) is 0 Å². The fourth-order valence-corrected chi connectivity index (χ4v) is 5.02. The summed E-state index contributed by atoms with van der Waals surface area (Å²) in [6.07, 6.45) is 9.28. The molecular formula is C14H20N4O. The van der Waals surface area contributed by atoms with E-state index >= 15 is 0 Å². The van der Waals surface area contributed by atoms with Crippen molar-refractivity contribution in [1.82, 2.24) is 9.97 Å². The van der Waals surface area contributed by atoms with E-state index in [4.69, 9.17) is 5.73 Å². The Bertz CT molecular complexity index is 530. The molecule has 5 rings (SSSR count). The largest absolute Gasteiger partial charge is 0.391 e. The van der Waals surface area contributed by atoms with Gasteiger partial charge in [0, 0.05) is 5.54 Å². The summed E-state index contributed by atoms with van der Waals surface area (Å²) in [5, 5.41) is 3.54. The van der Waals surface area contributed by atoms with Gasteiger partial charge in [0.25, 0.3) is 5.56 Å². The van der Waals surface area contributed by atoms with Gasteiger partial charge in [-0.25, -0.2) is 4.98 Å². The zero-order valence-electron chi connectivity index (χ0n) is 11.0. The highest BCUT2D eigenvalue weighted by Crippen LogP contribution is 2.56. The van der Waals surface area contributed by atoms with Gasteiger partial charge in [-0.2, -0.15) is 0 Å². The number of H-pyrrole nitrogens is 1. The number of nitrogens with one attached hydrogen (secondary N) is 2. The van der Waals surface area contributed by atoms with Crippen molar-refractivity contribution in [2.75, 3.05) is 11.1 Å². The Labute approximate surface area is 112 Å². The van der Waals surface area contributed by atoms with Gasteiger partial charge in [-0.1, -0.05) is 0 Å². The van der Waals surface area contributed by atoms with E-state index in [1.54, 1.807) is 0 Å². The monoisotopic (exact) mass is 260 g/mol. The molecule has 1 aromatic heterocycles. The van der Waals surface area contributed by atoms with Crippen molar-refractivity contribution in [2.24, 2.45) is 17.8 Å². The lowest BCUT2D eigenvalue weighted by molar-refractivity contribution is 0.0106. The van der Waals surface area contributed by atoms with E-state index in [1.165, 1.54) is 44.9 Å². The third-order valence-corrected chi connectivity index (χ3v) is 5.31. The number of nitrogens with two attached hydrogens (primary N) is 1. The van der Waals surface area contributed by atoms with Crippen LogP contribution in [0.15, 0.2) is 11.1 Å². The van der Waals surface area contributed by atoms with Gasteiger partial charge >= 0.3 is 0 Å². The van der Waals surface area contributed by atoms with E-state index < -0.39 is 0 Å². The first-order chi connectivity index (χ1) is 9.13. The average Bonchev–Trinajstić information content (AvgIpc) is 2.33. The van der Waals surface area contributed by atoms with Crippen LogP contribution in [0.1, 0.15) is 38.5 Å². The van der Waals surface area contributed by atoms with E-state index in [0.717, 1.165) is 17.8 Å². The molecule has 19 heavy (non-hydrogen) atoms. The first kappa shape index (κ1) is 11.3. The van der Waals surface area contributed by atoms with Crippen molar-refractivity contribution in [3.63, 3.8) is 0 Å². The molecule has 0 atom stereocenters. The normalized spacial score (nSPS) is 39.5. The predicted octanol–water partition coefficient (Wildman–Crippen LogP) is 1.73. The Morgan fingerprint density at radius 1 is 1.21 bits per heavy atom. The Kier molecular flexibility index (Phi) is 2.23. The molecule has 0 spiro atoms. The number of nitrogens with zero attached hydrogens (tertiary/aromatic N) is 1. The van der Waals surface area contributed by atoms with Gasteiger partial charge in [0.1, 0.15) is 5.69 Å². The summed E-state index contributed by atoms with van der Waals surface area (Å²) in [6, 6.07) is 0. The second kappa shape index (κ2) is 3.74. The molecule has 0 aliphatic heterocycles. The zero-order valence-corrected chi connectivity index (χ0v) is 11.0. The van der Waals surface area contributed by atoms with Crippen molar-refractivity contribution in [3.8, 4) is 0 Å². The van der Waals surface area contributed by atoms with Crippen LogP contribution in [0.25, 0.3) is 0 Å². The summed E-state index contributed by atoms with van der Waals surface area (Å²) in [6.45, 7) is 0. The SMILES string of the molecule is Nc1c(NC23CC4CC(CC(C4)C2)C3)nc[nH]c1=O. The molecule has 4 aliphatic carbocycles. The van der Waals surface area contributed by atoms with E-state index in [0.29, 0.717) is 5.82 Å². The topological polar surface area (TPSA) is 83.8 Å². The molecule has 0 saturated heterocycles. The number of hydrogen-bond donors (Lipinski definition) is 3. The van der Waals surface area contributed by atoms with Crippen LogP contribution in [0, 0.1) is 17.8 Å². The summed E-state index contributed by atoms with van der Waals surface area (Å²) in [7, 11) is 0. The summed E-state index contributed by atoms with van der Waals surface area (Å²) in [4.78, 5) is 18.3. The maximum absolute atomic E-state index is 11.6. The lowest BCUT2D eigenvalue weighted by atomic mass is 9.53. The van der Waals surface area contributed by atoms with Crippen LogP contribution in [0.3, 0.4) is 0 Å². The highest BCUT2D eigenvalue weighted by atomic mass is 16.1. The number of nitrogen functional groups attached to an aromatic ring is 1. The summed E-state index contributed by atoms with van der Waals surface area (Å²) >= 11 is 0. The van der Waals surface area contributed by atoms with E-state index in [2.05, 4.69) is 15.3 Å². The average molecular weight is 260 g/mol. The maximum Gasteiger partial charge on any atom is 0.276 e. The van der Waals surface area contributed by atoms with Gasteiger partial charge in [0.15, 0.2) is 5.82 Å². The van der Waals surface area contributed by atoms with Gasteiger partial charge in [-0.15, -0.1) is 0 Å². The Hall–Kier alpha value is -1.52. The van der Waals surface area contributed by atoms with Gasteiger partial charge in [0.2, 0.25) is 0 Å². The number of rotatable bonds is 2. The molecular weight excluding hydrogens is 240 g/mol. The molecule has 0 radical (unpaired) electrons. The summed E-state index contributed by atoms with van der Waals surface area (Å²) < 4.78 is 0. The van der Waals surface area contributed by atoms with Gasteiger partial charge in [0.05, 0.1) is 6.33 Å². The minimum atomic E-state index is -0.248. The number of hydrogen-bond acceptors (Lipinski definition) is 4. The van der Waals surface area contributed by atoms with Crippen LogP contribution < -0.4 is 16.6 Å². The third-order valence-electron chi connectivity index (χ3n) is 5.31. The molecule has 4 fully saturated rings. The molecule has 4 N–H and O–H groups in total. The Morgan fingerprint density at radius 2 is 1.79 bits per heavy atom. The Balaban J connectivity index is 1.66. The standard InChI is InChI=1S/C14H20N4O/c15-11-12(16-7-17-13(11)19)18-14-4-8-1-9(5-14)3-10(2-8)6-14/h7-10H,1-6,15H2,(H2,16,17,18,19). The zero-order chi connectivity index (χ0) is 13.0. The fraction of sp³-hybridized carbons (Fsp3) is 0.714. The van der Waals surface area contributed by atoms with Crippen molar-refractivity contribution in [3.05, 3.63) is 16.7 Å². The predicted molar refractivity (Wildman–Crippen MR) is 73.8 cm³/mol. The third kappa shape index (κ3) is 1.75. The van der Waals surface area contributed by atoms with Crippen LogP contribution in [0.4, 0.5) is 11.5 Å². The molecule has 102 valence electrons. The van der Waals surface area contributed by atoms with E-state index in [1.807, 2.05) is 0 Å². The van der Waals surface area contributed by atoms with Crippen molar-refractivity contribution in [2.45, 2.75) is 44.1 Å². The minimum absolute atomic E-state index is 0.143. The minimum Gasteiger partial charge on any atom is -0.391 e. The molecule has 1 heterocycles. The Morgan fingerprint density at radius 3 is 2.37 bits per heavy atom. The number of aromatic amines is 1. The molecule has 5 nitrogen and oxygen atoms in total. The van der Waals surface area contributed by atoms with Crippen LogP contribution in [-0.4, -0.2) is 15.5 Å². The smallest absolute Gasteiger partial charge is 0.276 e. The molecule has 0 amide bonds. The van der Waals surface area contributed by atoms with Crippen LogP contribution in [0.5, 0.6) is 0 Å². The number of aromatic nitrogens is 2. The van der Waals surface area contributed by atoms with Gasteiger partial charge in [-0.3, -0.25) is 4.79 Å². The molecule has 0 aromatic carbocycles. The molecule has 4 bridgehead atoms. The fourth-order valence-electron chi connectivity index (χ4n) is 5.02. The first-order valence-corrected chi connectivity index (χ1v) is 7.25. The maximum atomic E-state index is 11.6. The molecule has 5 heteroatoms. The molecule has 4 aliphatic rings. The second-order valence-electron chi connectivity index (χ2n) is 6.82.